The average Bonchev–Trinajstić information content (AvgIpc) is 2.22. The number of sulfonamides is 1. The van der Waals surface area contributed by atoms with Crippen LogP contribution in [0.15, 0.2) is 0 Å². The highest BCUT2D eigenvalue weighted by atomic mass is 32.2. The van der Waals surface area contributed by atoms with Crippen LogP contribution in [0.2, 0.25) is 0 Å². The van der Waals surface area contributed by atoms with Crippen molar-refractivity contribution in [2.24, 2.45) is 0 Å². The number of hydrogen-bond acceptors (Lipinski definition) is 4. The predicted molar refractivity (Wildman–Crippen MR) is 62.5 cm³/mol. The first-order chi connectivity index (χ1) is 7.35. The van der Waals surface area contributed by atoms with Crippen molar-refractivity contribution in [2.75, 3.05) is 19.6 Å². The summed E-state index contributed by atoms with van der Waals surface area (Å²) >= 11 is 0. The zero-order valence-corrected chi connectivity index (χ0v) is 10.9. The molecule has 1 aliphatic heterocycles. The van der Waals surface area contributed by atoms with Gasteiger partial charge in [0.05, 0.1) is 0 Å². The van der Waals surface area contributed by atoms with Crippen LogP contribution in [-0.2, 0) is 14.8 Å². The van der Waals surface area contributed by atoms with Gasteiger partial charge in [-0.3, -0.25) is 4.79 Å². The number of nitrogens with one attached hydrogen (secondary N) is 1. The van der Waals surface area contributed by atoms with Crippen molar-refractivity contribution < 1.29 is 13.2 Å². The molecule has 0 atom stereocenters. The van der Waals surface area contributed by atoms with E-state index in [1.165, 1.54) is 13.8 Å². The van der Waals surface area contributed by atoms with Crippen molar-refractivity contribution in [2.45, 2.75) is 38.4 Å². The first kappa shape index (κ1) is 13.4. The van der Waals surface area contributed by atoms with Crippen molar-refractivity contribution in [3.05, 3.63) is 0 Å². The minimum atomic E-state index is -3.39. The summed E-state index contributed by atoms with van der Waals surface area (Å²) in [5.41, 5.74) is 0. The van der Waals surface area contributed by atoms with Crippen LogP contribution < -0.4 is 5.32 Å². The van der Waals surface area contributed by atoms with Gasteiger partial charge >= 0.3 is 0 Å². The van der Waals surface area contributed by atoms with Gasteiger partial charge in [-0.2, -0.15) is 0 Å². The van der Waals surface area contributed by atoms with E-state index in [0.29, 0.717) is 13.0 Å². The second-order valence-corrected chi connectivity index (χ2v) is 6.91. The number of hydrogen-bond donors (Lipinski definition) is 1. The molecule has 1 heterocycles. The van der Waals surface area contributed by atoms with E-state index < -0.39 is 14.8 Å². The molecule has 16 heavy (non-hydrogen) atoms. The molecule has 0 radical (unpaired) electrons. The Morgan fingerprint density at radius 2 is 1.94 bits per heavy atom. The molecule has 0 unspecified atom stereocenters. The lowest BCUT2D eigenvalue weighted by molar-refractivity contribution is -0.132. The van der Waals surface area contributed by atoms with E-state index in [-0.39, 0.29) is 5.91 Å². The van der Waals surface area contributed by atoms with E-state index in [1.54, 1.807) is 0 Å². The van der Waals surface area contributed by atoms with Gasteiger partial charge in [-0.1, -0.05) is 6.92 Å². The van der Waals surface area contributed by atoms with E-state index in [4.69, 9.17) is 0 Å². The van der Waals surface area contributed by atoms with Crippen LogP contribution in [0.4, 0.5) is 0 Å². The van der Waals surface area contributed by atoms with Gasteiger partial charge in [0.25, 0.3) is 15.9 Å². The lowest BCUT2D eigenvalue weighted by Crippen LogP contribution is -2.67. The molecule has 1 aliphatic rings. The van der Waals surface area contributed by atoms with Crippen LogP contribution in [0.3, 0.4) is 0 Å². The zero-order chi connectivity index (χ0) is 12.4. The molecule has 0 spiro atoms. The molecule has 94 valence electrons. The summed E-state index contributed by atoms with van der Waals surface area (Å²) in [6, 6.07) is 0. The van der Waals surface area contributed by atoms with Crippen LogP contribution in [0, 0.1) is 0 Å². The highest BCUT2D eigenvalue weighted by molar-refractivity contribution is 7.94. The van der Waals surface area contributed by atoms with E-state index in [2.05, 4.69) is 12.2 Å². The number of amides is 1. The Labute approximate surface area is 97.2 Å². The first-order valence-electron chi connectivity index (χ1n) is 5.63. The van der Waals surface area contributed by atoms with E-state index >= 15 is 0 Å². The molecule has 1 fully saturated rings. The standard InChI is InChI=1S/C10H20N2O3S/c1-4-6-11-7-5-8-12-9(13)10(2,3)16(12,14)15/h11H,4-8H2,1-3H3. The molecular weight excluding hydrogens is 228 g/mol. The lowest BCUT2D eigenvalue weighted by atomic mass is 10.2. The molecule has 0 aromatic carbocycles. The fourth-order valence-electron chi connectivity index (χ4n) is 1.63. The Bertz CT molecular complexity index is 362. The summed E-state index contributed by atoms with van der Waals surface area (Å²) in [5.74, 6) is -0.289. The number of carbonyl (C=O) groups is 1. The van der Waals surface area contributed by atoms with Crippen molar-refractivity contribution in [3.63, 3.8) is 0 Å². The second-order valence-electron chi connectivity index (χ2n) is 4.50. The van der Waals surface area contributed by atoms with Gasteiger partial charge in [0.1, 0.15) is 0 Å². The van der Waals surface area contributed by atoms with Crippen molar-refractivity contribution in [1.29, 1.82) is 0 Å². The Morgan fingerprint density at radius 3 is 2.44 bits per heavy atom. The van der Waals surface area contributed by atoms with Gasteiger partial charge in [-0.05, 0) is 39.8 Å². The third-order valence-electron chi connectivity index (χ3n) is 2.82. The maximum absolute atomic E-state index is 11.7. The normalized spacial score (nSPS) is 21.9. The monoisotopic (exact) mass is 248 g/mol. The van der Waals surface area contributed by atoms with Crippen molar-refractivity contribution in [3.8, 4) is 0 Å². The average molecular weight is 248 g/mol. The number of nitrogens with zero attached hydrogens (tertiary/aromatic N) is 1. The number of rotatable bonds is 6. The Balaban J connectivity index is 2.38. The smallest absolute Gasteiger partial charge is 0.258 e. The number of carbonyl (C=O) groups excluding carboxylic acids is 1. The molecule has 0 aromatic rings. The molecular formula is C10H20N2O3S. The fourth-order valence-corrected chi connectivity index (χ4v) is 3.19. The van der Waals surface area contributed by atoms with E-state index in [9.17, 15) is 13.2 Å². The summed E-state index contributed by atoms with van der Waals surface area (Å²) in [7, 11) is -3.39. The van der Waals surface area contributed by atoms with Gasteiger partial charge in [-0.15, -0.1) is 0 Å². The van der Waals surface area contributed by atoms with E-state index in [0.717, 1.165) is 23.8 Å². The molecule has 5 nitrogen and oxygen atoms in total. The minimum Gasteiger partial charge on any atom is -0.317 e. The van der Waals surface area contributed by atoms with Crippen LogP contribution in [0.1, 0.15) is 33.6 Å². The minimum absolute atomic E-state index is 0.289. The summed E-state index contributed by atoms with van der Waals surface area (Å²) in [6.45, 7) is 6.94. The van der Waals surface area contributed by atoms with Crippen LogP contribution >= 0.6 is 0 Å². The summed E-state index contributed by atoms with van der Waals surface area (Å²) in [4.78, 5) is 11.5. The van der Waals surface area contributed by atoms with Crippen LogP contribution in [0.25, 0.3) is 0 Å². The molecule has 1 saturated heterocycles. The Kier molecular flexibility index (Phi) is 3.96. The van der Waals surface area contributed by atoms with Gasteiger partial charge in [0.15, 0.2) is 4.75 Å². The quantitative estimate of drug-likeness (QED) is 0.688. The lowest BCUT2D eigenvalue weighted by Gasteiger charge is -2.43. The summed E-state index contributed by atoms with van der Waals surface area (Å²) < 4.78 is 23.1. The largest absolute Gasteiger partial charge is 0.317 e. The zero-order valence-electron chi connectivity index (χ0n) is 10.1. The molecule has 0 bridgehead atoms. The molecule has 0 aromatic heterocycles. The SMILES string of the molecule is CCCNCCCN1C(=O)C(C)(C)S1(=O)=O. The van der Waals surface area contributed by atoms with Crippen LogP contribution in [-0.4, -0.2) is 43.0 Å². The second kappa shape index (κ2) is 4.71. The third kappa shape index (κ3) is 2.08. The van der Waals surface area contributed by atoms with Gasteiger partial charge in [0, 0.05) is 6.54 Å². The molecule has 1 rings (SSSR count). The molecule has 0 saturated carbocycles. The summed E-state index contributed by atoms with van der Waals surface area (Å²) in [5, 5.41) is 3.17. The van der Waals surface area contributed by atoms with Crippen molar-refractivity contribution >= 4 is 15.9 Å². The van der Waals surface area contributed by atoms with E-state index in [1.807, 2.05) is 0 Å². The topological polar surface area (TPSA) is 66.5 Å². The predicted octanol–water partition coefficient (Wildman–Crippen LogP) is 0.327. The maximum atomic E-state index is 11.7. The molecule has 1 amide bonds. The highest BCUT2D eigenvalue weighted by Crippen LogP contribution is 2.34. The molecule has 1 N–H and O–H groups in total. The first-order valence-corrected chi connectivity index (χ1v) is 7.07. The molecule has 0 aliphatic carbocycles. The van der Waals surface area contributed by atoms with Gasteiger partial charge in [0.2, 0.25) is 0 Å². The fraction of sp³-hybridized carbons (Fsp3) is 0.900. The van der Waals surface area contributed by atoms with Gasteiger partial charge in [-0.25, -0.2) is 12.7 Å². The summed E-state index contributed by atoms with van der Waals surface area (Å²) in [6.07, 6.45) is 1.72. The Hall–Kier alpha value is -0.620. The van der Waals surface area contributed by atoms with Crippen molar-refractivity contribution in [1.82, 2.24) is 9.62 Å². The molecule has 6 heteroatoms. The van der Waals surface area contributed by atoms with Crippen LogP contribution in [0.5, 0.6) is 0 Å². The Morgan fingerprint density at radius 1 is 1.31 bits per heavy atom. The highest BCUT2D eigenvalue weighted by Gasteiger charge is 2.59. The maximum Gasteiger partial charge on any atom is 0.258 e. The van der Waals surface area contributed by atoms with Gasteiger partial charge < -0.3 is 5.32 Å². The third-order valence-corrected chi connectivity index (χ3v) is 5.21.